The van der Waals surface area contributed by atoms with Gasteiger partial charge in [0.1, 0.15) is 0 Å². The summed E-state index contributed by atoms with van der Waals surface area (Å²) >= 11 is 0. The van der Waals surface area contributed by atoms with E-state index in [-0.39, 0.29) is 17.9 Å². The zero-order valence-corrected chi connectivity index (χ0v) is 20.2. The molecule has 2 fully saturated rings. The maximum absolute atomic E-state index is 14.3. The number of anilines is 2. The van der Waals surface area contributed by atoms with E-state index in [2.05, 4.69) is 5.32 Å². The molecule has 3 aromatic rings. The fourth-order valence-electron chi connectivity index (χ4n) is 6.27. The molecule has 0 aromatic heterocycles. The van der Waals surface area contributed by atoms with Gasteiger partial charge in [0.05, 0.1) is 17.3 Å². The number of halogens is 3. The average Bonchev–Trinajstić information content (AvgIpc) is 2.92. The molecule has 3 aliphatic heterocycles. The summed E-state index contributed by atoms with van der Waals surface area (Å²) in [7, 11) is 0. The summed E-state index contributed by atoms with van der Waals surface area (Å²) in [4.78, 5) is 43.8. The van der Waals surface area contributed by atoms with Gasteiger partial charge in [-0.05, 0) is 66.6 Å². The number of nitrogens with zero attached hydrogens (tertiary/aromatic N) is 2. The second-order valence-electron chi connectivity index (χ2n) is 10.1. The van der Waals surface area contributed by atoms with Gasteiger partial charge in [0.15, 0.2) is 5.41 Å². The van der Waals surface area contributed by atoms with Crippen LogP contribution in [0.3, 0.4) is 0 Å². The Morgan fingerprint density at radius 3 is 2.26 bits per heavy atom. The molecule has 3 heterocycles. The molecule has 1 N–H and O–H groups in total. The molecule has 3 atom stereocenters. The van der Waals surface area contributed by atoms with Gasteiger partial charge in [-0.25, -0.2) is 9.69 Å². The summed E-state index contributed by atoms with van der Waals surface area (Å²) in [5, 5.41) is 2.36. The van der Waals surface area contributed by atoms with Crippen molar-refractivity contribution in [2.45, 2.75) is 37.4 Å². The van der Waals surface area contributed by atoms with Crippen LogP contribution in [0.5, 0.6) is 0 Å². The summed E-state index contributed by atoms with van der Waals surface area (Å²) in [6.45, 7) is 0.449. The number of carbonyl (C=O) groups is 3. The predicted molar refractivity (Wildman–Crippen MR) is 135 cm³/mol. The number of urea groups is 1. The van der Waals surface area contributed by atoms with Crippen molar-refractivity contribution in [1.82, 2.24) is 5.32 Å². The van der Waals surface area contributed by atoms with Gasteiger partial charge in [-0.1, -0.05) is 48.5 Å². The van der Waals surface area contributed by atoms with E-state index >= 15 is 0 Å². The van der Waals surface area contributed by atoms with Gasteiger partial charge in [-0.3, -0.25) is 14.9 Å². The van der Waals surface area contributed by atoms with Crippen LogP contribution < -0.4 is 15.1 Å². The number of rotatable bonds is 2. The second kappa shape index (κ2) is 8.72. The molecule has 2 saturated heterocycles. The molecule has 0 radical (unpaired) electrons. The first-order chi connectivity index (χ1) is 18.2. The number of carbonyl (C=O) groups excluding carboxylic acids is 3. The number of fused-ring (bicyclic) bond motifs is 4. The lowest BCUT2D eigenvalue weighted by Gasteiger charge is -2.55. The molecule has 6 rings (SSSR count). The number of piperidine rings is 1. The summed E-state index contributed by atoms with van der Waals surface area (Å²) in [5.74, 6) is -1.45. The number of nitrogens with one attached hydrogen (secondary N) is 1. The van der Waals surface area contributed by atoms with E-state index in [1.165, 1.54) is 6.07 Å². The quantitative estimate of drug-likeness (QED) is 0.468. The lowest BCUT2D eigenvalue weighted by Crippen LogP contribution is -2.73. The minimum atomic E-state index is -4.58. The van der Waals surface area contributed by atoms with Gasteiger partial charge in [-0.15, -0.1) is 0 Å². The first-order valence-electron chi connectivity index (χ1n) is 12.5. The molecular weight excluding hydrogens is 495 g/mol. The molecule has 6 nitrogen and oxygen atoms in total. The van der Waals surface area contributed by atoms with Crippen LogP contribution in [0.4, 0.5) is 29.3 Å². The van der Waals surface area contributed by atoms with E-state index in [1.54, 1.807) is 30.3 Å². The van der Waals surface area contributed by atoms with Crippen LogP contribution in [-0.2, 0) is 22.2 Å². The summed E-state index contributed by atoms with van der Waals surface area (Å²) in [5.41, 5.74) is -0.416. The van der Waals surface area contributed by atoms with E-state index in [9.17, 15) is 27.6 Å². The molecule has 4 amide bonds. The first kappa shape index (κ1) is 24.2. The van der Waals surface area contributed by atoms with E-state index in [0.29, 0.717) is 30.8 Å². The minimum Gasteiger partial charge on any atom is -0.367 e. The van der Waals surface area contributed by atoms with Crippen LogP contribution in [0.25, 0.3) is 0 Å². The Morgan fingerprint density at radius 2 is 1.58 bits per heavy atom. The monoisotopic (exact) mass is 519 g/mol. The highest BCUT2D eigenvalue weighted by Crippen LogP contribution is 2.51. The molecule has 3 aliphatic rings. The Hall–Kier alpha value is -4.14. The number of amides is 4. The third-order valence-corrected chi connectivity index (χ3v) is 8.06. The second-order valence-corrected chi connectivity index (χ2v) is 10.1. The largest absolute Gasteiger partial charge is 0.416 e. The molecule has 194 valence electrons. The average molecular weight is 520 g/mol. The predicted octanol–water partition coefficient (Wildman–Crippen LogP) is 5.28. The topological polar surface area (TPSA) is 69.7 Å². The minimum absolute atomic E-state index is 0.0359. The van der Waals surface area contributed by atoms with Gasteiger partial charge >= 0.3 is 12.2 Å². The van der Waals surface area contributed by atoms with Crippen LogP contribution in [0, 0.1) is 5.41 Å². The SMILES string of the molecule is O=C1NC(=O)[C@]2(Cc3cc(C(F)(F)F)ccc3N3CC[C@@H](c4ccccc4)C[C@H]32)C(=O)N1c1ccccc1. The molecule has 0 saturated carbocycles. The zero-order chi connectivity index (χ0) is 26.7. The smallest absolute Gasteiger partial charge is 0.367 e. The van der Waals surface area contributed by atoms with Gasteiger partial charge in [0.25, 0.3) is 5.91 Å². The first-order valence-corrected chi connectivity index (χ1v) is 12.5. The third-order valence-electron chi connectivity index (χ3n) is 8.06. The Bertz CT molecular complexity index is 1430. The lowest BCUT2D eigenvalue weighted by atomic mass is 9.64. The molecule has 3 aromatic carbocycles. The Kier molecular flexibility index (Phi) is 5.55. The molecular formula is C29H24F3N3O3. The lowest BCUT2D eigenvalue weighted by molar-refractivity contribution is -0.145. The highest BCUT2D eigenvalue weighted by molar-refractivity contribution is 6.30. The van der Waals surface area contributed by atoms with Gasteiger partial charge in [0, 0.05) is 12.2 Å². The Labute approximate surface area is 217 Å². The summed E-state index contributed by atoms with van der Waals surface area (Å²) in [6.07, 6.45) is -3.69. The van der Waals surface area contributed by atoms with Crippen molar-refractivity contribution >= 4 is 29.2 Å². The number of alkyl halides is 3. The number of hydrogen-bond acceptors (Lipinski definition) is 4. The fourth-order valence-corrected chi connectivity index (χ4v) is 6.27. The maximum atomic E-state index is 14.3. The number of barbiturate groups is 1. The van der Waals surface area contributed by atoms with Crippen molar-refractivity contribution in [2.24, 2.45) is 5.41 Å². The Balaban J connectivity index is 1.51. The van der Waals surface area contributed by atoms with E-state index < -0.39 is 41.0 Å². The van der Waals surface area contributed by atoms with E-state index in [4.69, 9.17) is 0 Å². The zero-order valence-electron chi connectivity index (χ0n) is 20.2. The van der Waals surface area contributed by atoms with Gasteiger partial charge in [0.2, 0.25) is 5.91 Å². The number of benzene rings is 3. The van der Waals surface area contributed by atoms with Crippen LogP contribution in [0.2, 0.25) is 0 Å². The normalized spacial score (nSPS) is 25.2. The number of para-hydroxylation sites is 1. The molecule has 1 spiro atoms. The molecule has 0 aliphatic carbocycles. The number of imide groups is 2. The summed E-state index contributed by atoms with van der Waals surface area (Å²) in [6, 6.07) is 20.0. The number of hydrogen-bond donors (Lipinski definition) is 1. The Morgan fingerprint density at radius 1 is 0.895 bits per heavy atom. The maximum Gasteiger partial charge on any atom is 0.416 e. The van der Waals surface area contributed by atoms with E-state index in [0.717, 1.165) is 22.6 Å². The van der Waals surface area contributed by atoms with Crippen LogP contribution in [0.1, 0.15) is 35.4 Å². The van der Waals surface area contributed by atoms with Crippen molar-refractivity contribution in [3.05, 3.63) is 95.6 Å². The van der Waals surface area contributed by atoms with Crippen molar-refractivity contribution in [3.63, 3.8) is 0 Å². The van der Waals surface area contributed by atoms with Crippen molar-refractivity contribution in [3.8, 4) is 0 Å². The van der Waals surface area contributed by atoms with Crippen molar-refractivity contribution in [1.29, 1.82) is 0 Å². The van der Waals surface area contributed by atoms with E-state index in [1.807, 2.05) is 35.2 Å². The fraction of sp³-hybridized carbons (Fsp3) is 0.276. The highest BCUT2D eigenvalue weighted by Gasteiger charge is 2.63. The van der Waals surface area contributed by atoms with Crippen LogP contribution in [0.15, 0.2) is 78.9 Å². The molecule has 38 heavy (non-hydrogen) atoms. The molecule has 0 unspecified atom stereocenters. The highest BCUT2D eigenvalue weighted by atomic mass is 19.4. The van der Waals surface area contributed by atoms with Crippen LogP contribution >= 0.6 is 0 Å². The van der Waals surface area contributed by atoms with Gasteiger partial charge < -0.3 is 4.90 Å². The molecule has 0 bridgehead atoms. The summed E-state index contributed by atoms with van der Waals surface area (Å²) < 4.78 is 40.9. The third kappa shape index (κ3) is 3.68. The van der Waals surface area contributed by atoms with Crippen molar-refractivity contribution < 1.29 is 27.6 Å². The van der Waals surface area contributed by atoms with Gasteiger partial charge in [-0.2, -0.15) is 13.2 Å². The standard InChI is InChI=1S/C29H24F3N3O3/c30-29(31,32)21-11-12-23-20(15-21)17-28(24-16-19(13-14-34(23)24)18-7-3-1-4-8-18)25(36)33-27(38)35(26(28)37)22-9-5-2-6-10-22/h1-12,15,19,24H,13-14,16-17H2,(H,33,36,38)/t19-,24+,28-/m1/s1. The van der Waals surface area contributed by atoms with Crippen molar-refractivity contribution in [2.75, 3.05) is 16.3 Å². The molecule has 9 heteroatoms. The van der Waals surface area contributed by atoms with Crippen LogP contribution in [-0.4, -0.2) is 30.4 Å².